The quantitative estimate of drug-likeness (QED) is 0.153. The van der Waals surface area contributed by atoms with Crippen LogP contribution in [-0.4, -0.2) is 39.8 Å². The molecule has 1 aromatic heterocycles. The number of ether oxygens (including phenoxy) is 1. The summed E-state index contributed by atoms with van der Waals surface area (Å²) in [4.78, 5) is 27.6. The van der Waals surface area contributed by atoms with E-state index in [1.54, 1.807) is 66.7 Å². The van der Waals surface area contributed by atoms with Crippen LogP contribution in [0, 0.1) is 5.82 Å². The standard InChI is InChI=1S/C30H23FN4O5S/c31-22-9-11-23(12-10-22)33-28(37)19-40-26-6-2-1-4-21(26)16-27-29(38)35(18-25-5-3-15-39-25)30(41-27)34-32-17-20-7-13-24(36)14-8-20/h1-17,36H,18-19H2,(H,33,37)/b27-16-,32-17-,34-30+. The fourth-order valence-electron chi connectivity index (χ4n) is 3.73. The molecular formula is C30H23FN4O5S. The number of anilines is 1. The van der Waals surface area contributed by atoms with Gasteiger partial charge in [0, 0.05) is 11.3 Å². The van der Waals surface area contributed by atoms with E-state index in [1.807, 2.05) is 0 Å². The molecule has 1 saturated heterocycles. The number of rotatable bonds is 9. The summed E-state index contributed by atoms with van der Waals surface area (Å²) in [5.74, 6) is -0.00440. The van der Waals surface area contributed by atoms with Crippen molar-refractivity contribution < 1.29 is 28.2 Å². The van der Waals surface area contributed by atoms with Gasteiger partial charge < -0.3 is 19.6 Å². The number of halogens is 1. The predicted octanol–water partition coefficient (Wildman–Crippen LogP) is 5.65. The molecule has 3 aromatic carbocycles. The zero-order valence-corrected chi connectivity index (χ0v) is 22.3. The maximum atomic E-state index is 13.4. The van der Waals surface area contributed by atoms with Gasteiger partial charge in [-0.05, 0) is 90.1 Å². The first-order chi connectivity index (χ1) is 19.9. The number of nitrogens with zero attached hydrogens (tertiary/aromatic N) is 3. The first kappa shape index (κ1) is 27.4. The van der Waals surface area contributed by atoms with E-state index in [1.165, 1.54) is 41.6 Å². The first-order valence-corrected chi connectivity index (χ1v) is 13.2. The molecule has 1 aliphatic rings. The van der Waals surface area contributed by atoms with Crippen molar-refractivity contribution >= 4 is 46.7 Å². The van der Waals surface area contributed by atoms with Crippen LogP contribution in [0.5, 0.6) is 11.5 Å². The van der Waals surface area contributed by atoms with E-state index < -0.39 is 11.7 Å². The van der Waals surface area contributed by atoms with Crippen molar-refractivity contribution in [3.63, 3.8) is 0 Å². The zero-order chi connectivity index (χ0) is 28.6. The lowest BCUT2D eigenvalue weighted by Crippen LogP contribution is -2.28. The van der Waals surface area contributed by atoms with Crippen molar-refractivity contribution in [2.75, 3.05) is 11.9 Å². The van der Waals surface area contributed by atoms with E-state index in [0.29, 0.717) is 32.8 Å². The molecule has 2 heterocycles. The van der Waals surface area contributed by atoms with E-state index in [4.69, 9.17) is 9.15 Å². The van der Waals surface area contributed by atoms with Gasteiger partial charge in [0.2, 0.25) is 0 Å². The molecule has 4 aromatic rings. The number of nitrogens with one attached hydrogen (secondary N) is 1. The minimum absolute atomic E-state index is 0.141. The highest BCUT2D eigenvalue weighted by Gasteiger charge is 2.34. The highest BCUT2D eigenvalue weighted by molar-refractivity contribution is 8.18. The Labute approximate surface area is 238 Å². The summed E-state index contributed by atoms with van der Waals surface area (Å²) in [6, 6.07) is 22.4. The maximum Gasteiger partial charge on any atom is 0.267 e. The van der Waals surface area contributed by atoms with Crippen molar-refractivity contribution in [1.29, 1.82) is 0 Å². The van der Waals surface area contributed by atoms with Crippen LogP contribution in [0.3, 0.4) is 0 Å². The van der Waals surface area contributed by atoms with Crippen molar-refractivity contribution in [3.8, 4) is 11.5 Å². The second-order valence-corrected chi connectivity index (χ2v) is 9.69. The summed E-state index contributed by atoms with van der Waals surface area (Å²) in [6.07, 6.45) is 4.71. The van der Waals surface area contributed by atoms with Crippen LogP contribution in [0.25, 0.3) is 6.08 Å². The minimum atomic E-state index is -0.420. The largest absolute Gasteiger partial charge is 0.508 e. The molecule has 0 unspecified atom stereocenters. The van der Waals surface area contributed by atoms with Crippen LogP contribution in [-0.2, 0) is 16.1 Å². The molecule has 206 valence electrons. The fraction of sp³-hybridized carbons (Fsp3) is 0.0667. The van der Waals surface area contributed by atoms with Crippen molar-refractivity contribution in [2.45, 2.75) is 6.54 Å². The van der Waals surface area contributed by atoms with Crippen LogP contribution in [0.15, 0.2) is 111 Å². The molecule has 0 saturated carbocycles. The van der Waals surface area contributed by atoms with E-state index in [9.17, 15) is 19.1 Å². The fourth-order valence-corrected chi connectivity index (χ4v) is 4.66. The summed E-state index contributed by atoms with van der Waals surface area (Å²) in [5, 5.41) is 20.9. The third-order valence-electron chi connectivity index (χ3n) is 5.72. The summed E-state index contributed by atoms with van der Waals surface area (Å²) < 4.78 is 24.3. The van der Waals surface area contributed by atoms with Gasteiger partial charge >= 0.3 is 0 Å². The zero-order valence-electron chi connectivity index (χ0n) is 21.4. The predicted molar refractivity (Wildman–Crippen MR) is 155 cm³/mol. The molecule has 0 radical (unpaired) electrons. The lowest BCUT2D eigenvalue weighted by molar-refractivity contribution is -0.122. The molecule has 0 aliphatic carbocycles. The minimum Gasteiger partial charge on any atom is -0.508 e. The van der Waals surface area contributed by atoms with Gasteiger partial charge in [0.1, 0.15) is 23.1 Å². The van der Waals surface area contributed by atoms with Crippen molar-refractivity contribution in [2.24, 2.45) is 10.2 Å². The Kier molecular flexibility index (Phi) is 8.55. The third-order valence-corrected chi connectivity index (χ3v) is 6.71. The molecule has 1 aliphatic heterocycles. The Balaban J connectivity index is 1.33. The number of thioether (sulfide) groups is 1. The second-order valence-electron chi connectivity index (χ2n) is 8.68. The van der Waals surface area contributed by atoms with Gasteiger partial charge in [-0.1, -0.05) is 18.2 Å². The second kappa shape index (κ2) is 12.8. The van der Waals surface area contributed by atoms with Crippen LogP contribution >= 0.6 is 11.8 Å². The van der Waals surface area contributed by atoms with Gasteiger partial charge in [-0.15, -0.1) is 5.10 Å². The van der Waals surface area contributed by atoms with E-state index in [-0.39, 0.29) is 24.8 Å². The number of carbonyl (C=O) groups is 2. The number of hydrogen-bond donors (Lipinski definition) is 2. The van der Waals surface area contributed by atoms with Crippen LogP contribution in [0.4, 0.5) is 10.1 Å². The molecule has 9 nitrogen and oxygen atoms in total. The SMILES string of the molecule is O=C(COc1ccccc1/C=C1\S/C(=N/N=C\c2ccc(O)cc2)N(Cc2ccco2)C1=O)Nc1ccc(F)cc1. The molecule has 2 amide bonds. The average molecular weight is 571 g/mol. The van der Waals surface area contributed by atoms with Gasteiger partial charge in [-0.2, -0.15) is 5.10 Å². The number of hydrogen-bond acceptors (Lipinski definition) is 8. The molecule has 0 spiro atoms. The molecule has 5 rings (SSSR count). The topological polar surface area (TPSA) is 117 Å². The van der Waals surface area contributed by atoms with E-state index >= 15 is 0 Å². The number of phenols is 1. The lowest BCUT2D eigenvalue weighted by atomic mass is 10.2. The summed E-state index contributed by atoms with van der Waals surface area (Å²) in [5.41, 5.74) is 1.76. The van der Waals surface area contributed by atoms with Crippen LogP contribution in [0.2, 0.25) is 0 Å². The average Bonchev–Trinajstić information content (AvgIpc) is 3.59. The number of amides is 2. The van der Waals surface area contributed by atoms with E-state index in [2.05, 4.69) is 15.5 Å². The number of benzene rings is 3. The van der Waals surface area contributed by atoms with Gasteiger partial charge in [-0.3, -0.25) is 14.5 Å². The number of carbonyl (C=O) groups excluding carboxylic acids is 2. The smallest absolute Gasteiger partial charge is 0.267 e. The first-order valence-electron chi connectivity index (χ1n) is 12.4. The number of para-hydroxylation sites is 1. The number of furan rings is 1. The number of phenolic OH excluding ortho intramolecular Hbond substituents is 1. The van der Waals surface area contributed by atoms with Gasteiger partial charge in [0.15, 0.2) is 11.8 Å². The normalized spacial score (nSPS) is 15.2. The number of aromatic hydroxyl groups is 1. The van der Waals surface area contributed by atoms with Gasteiger partial charge in [0.25, 0.3) is 11.8 Å². The summed E-state index contributed by atoms with van der Waals surface area (Å²) in [7, 11) is 0. The lowest BCUT2D eigenvalue weighted by Gasteiger charge is -2.12. The molecular weight excluding hydrogens is 547 g/mol. The number of amidine groups is 1. The summed E-state index contributed by atoms with van der Waals surface area (Å²) in [6.45, 7) is -0.132. The Morgan fingerprint density at radius 1 is 1.05 bits per heavy atom. The Morgan fingerprint density at radius 3 is 2.59 bits per heavy atom. The van der Waals surface area contributed by atoms with Gasteiger partial charge in [-0.25, -0.2) is 4.39 Å². The maximum absolute atomic E-state index is 13.4. The van der Waals surface area contributed by atoms with Gasteiger partial charge in [0.05, 0.1) is 23.9 Å². The highest BCUT2D eigenvalue weighted by Crippen LogP contribution is 2.35. The third kappa shape index (κ3) is 7.28. The molecule has 11 heteroatoms. The van der Waals surface area contributed by atoms with Crippen LogP contribution < -0.4 is 10.1 Å². The summed E-state index contributed by atoms with van der Waals surface area (Å²) >= 11 is 1.14. The van der Waals surface area contributed by atoms with Crippen LogP contribution in [0.1, 0.15) is 16.9 Å². The molecule has 0 atom stereocenters. The van der Waals surface area contributed by atoms with Crippen molar-refractivity contribution in [3.05, 3.63) is 119 Å². The molecule has 1 fully saturated rings. The molecule has 2 N–H and O–H groups in total. The van der Waals surface area contributed by atoms with E-state index in [0.717, 1.165) is 17.3 Å². The highest BCUT2D eigenvalue weighted by atomic mass is 32.2. The Morgan fingerprint density at radius 2 is 1.83 bits per heavy atom. The molecule has 41 heavy (non-hydrogen) atoms. The Hall–Kier alpha value is -5.16. The monoisotopic (exact) mass is 570 g/mol. The van der Waals surface area contributed by atoms with Crippen molar-refractivity contribution in [1.82, 2.24) is 4.90 Å². The Bertz CT molecular complexity index is 1620. The molecule has 0 bridgehead atoms.